The number of nitrogens with zero attached hydrogens (tertiary/aromatic N) is 1. The SMILES string of the molecule is CC1CN(C(=O)c2cc(N)c(Cl)c(Cl)c2)CC1C. The Bertz CT molecular complexity index is 457. The van der Waals surface area contributed by atoms with Crippen molar-refractivity contribution in [3.63, 3.8) is 0 Å². The summed E-state index contributed by atoms with van der Waals surface area (Å²) in [5.74, 6) is 1.01. The van der Waals surface area contributed by atoms with Gasteiger partial charge in [-0.3, -0.25) is 4.79 Å². The zero-order valence-electron chi connectivity index (χ0n) is 10.4. The number of carbonyl (C=O) groups excluding carboxylic acids is 1. The number of rotatable bonds is 1. The molecule has 2 unspecified atom stereocenters. The molecule has 0 aliphatic carbocycles. The first kappa shape index (κ1) is 13.5. The lowest BCUT2D eigenvalue weighted by atomic mass is 10.0. The standard InChI is InChI=1S/C13H16Cl2N2O/c1-7-5-17(6-8(7)2)13(18)9-3-10(14)12(15)11(16)4-9/h3-4,7-8H,5-6,16H2,1-2H3. The van der Waals surface area contributed by atoms with Crippen LogP contribution in [-0.4, -0.2) is 23.9 Å². The van der Waals surface area contributed by atoms with Crippen molar-refractivity contribution in [1.82, 2.24) is 4.90 Å². The topological polar surface area (TPSA) is 46.3 Å². The molecule has 3 nitrogen and oxygen atoms in total. The third kappa shape index (κ3) is 2.43. The molecule has 2 atom stereocenters. The van der Waals surface area contributed by atoms with Gasteiger partial charge in [-0.1, -0.05) is 37.0 Å². The first-order chi connectivity index (χ1) is 8.40. The minimum atomic E-state index is -0.0310. The quantitative estimate of drug-likeness (QED) is 0.805. The van der Waals surface area contributed by atoms with Crippen LogP contribution in [0, 0.1) is 11.8 Å². The summed E-state index contributed by atoms with van der Waals surface area (Å²) in [5, 5.41) is 0.622. The molecule has 1 aliphatic rings. The van der Waals surface area contributed by atoms with Gasteiger partial charge in [0.25, 0.3) is 5.91 Å². The number of benzene rings is 1. The molecule has 0 bridgehead atoms. The lowest BCUT2D eigenvalue weighted by Gasteiger charge is -2.17. The van der Waals surface area contributed by atoms with Gasteiger partial charge in [-0.15, -0.1) is 0 Å². The van der Waals surface area contributed by atoms with Gasteiger partial charge in [0.05, 0.1) is 15.7 Å². The number of anilines is 1. The van der Waals surface area contributed by atoms with E-state index in [2.05, 4.69) is 13.8 Å². The monoisotopic (exact) mass is 286 g/mol. The number of hydrogen-bond donors (Lipinski definition) is 1. The Balaban J connectivity index is 2.25. The molecule has 1 fully saturated rings. The van der Waals surface area contributed by atoms with Crippen LogP contribution in [0.15, 0.2) is 12.1 Å². The molecule has 0 saturated carbocycles. The Morgan fingerprint density at radius 3 is 2.33 bits per heavy atom. The summed E-state index contributed by atoms with van der Waals surface area (Å²) < 4.78 is 0. The molecular formula is C13H16Cl2N2O. The van der Waals surface area contributed by atoms with Gasteiger partial charge in [0, 0.05) is 18.7 Å². The molecule has 1 aliphatic heterocycles. The van der Waals surface area contributed by atoms with Gasteiger partial charge >= 0.3 is 0 Å². The number of nitrogens with two attached hydrogens (primary N) is 1. The second kappa shape index (κ2) is 4.98. The highest BCUT2D eigenvalue weighted by molar-refractivity contribution is 6.43. The summed E-state index contributed by atoms with van der Waals surface area (Å²) in [6, 6.07) is 3.17. The van der Waals surface area contributed by atoms with Crippen molar-refractivity contribution in [2.24, 2.45) is 11.8 Å². The number of nitrogen functional groups attached to an aromatic ring is 1. The molecule has 1 heterocycles. The van der Waals surface area contributed by atoms with Crippen LogP contribution in [0.4, 0.5) is 5.69 Å². The molecule has 0 radical (unpaired) electrons. The predicted octanol–water partition coefficient (Wildman–Crippen LogP) is 3.30. The Kier molecular flexibility index (Phi) is 3.74. The van der Waals surface area contributed by atoms with Crippen molar-refractivity contribution in [3.05, 3.63) is 27.7 Å². The zero-order chi connectivity index (χ0) is 13.4. The lowest BCUT2D eigenvalue weighted by molar-refractivity contribution is 0.0785. The smallest absolute Gasteiger partial charge is 0.254 e. The van der Waals surface area contributed by atoms with Crippen molar-refractivity contribution in [2.75, 3.05) is 18.8 Å². The van der Waals surface area contributed by atoms with E-state index in [1.165, 1.54) is 0 Å². The third-order valence-electron chi connectivity index (χ3n) is 3.58. The van der Waals surface area contributed by atoms with E-state index in [1.54, 1.807) is 12.1 Å². The van der Waals surface area contributed by atoms with Crippen molar-refractivity contribution in [3.8, 4) is 0 Å². The second-order valence-corrected chi connectivity index (χ2v) is 5.81. The van der Waals surface area contributed by atoms with Crippen LogP contribution in [0.2, 0.25) is 10.0 Å². The molecule has 0 aromatic heterocycles. The summed E-state index contributed by atoms with van der Waals surface area (Å²) >= 11 is 11.8. The van der Waals surface area contributed by atoms with E-state index in [1.807, 2.05) is 4.90 Å². The maximum Gasteiger partial charge on any atom is 0.254 e. The highest BCUT2D eigenvalue weighted by atomic mass is 35.5. The van der Waals surface area contributed by atoms with E-state index < -0.39 is 0 Å². The van der Waals surface area contributed by atoms with Gasteiger partial charge in [0.1, 0.15) is 0 Å². The van der Waals surface area contributed by atoms with Crippen LogP contribution in [0.5, 0.6) is 0 Å². The minimum absolute atomic E-state index is 0.0310. The van der Waals surface area contributed by atoms with E-state index in [0.717, 1.165) is 13.1 Å². The molecular weight excluding hydrogens is 271 g/mol. The average Bonchev–Trinajstić information content (AvgIpc) is 2.65. The summed E-state index contributed by atoms with van der Waals surface area (Å²) in [4.78, 5) is 14.2. The Morgan fingerprint density at radius 2 is 1.83 bits per heavy atom. The van der Waals surface area contributed by atoms with Crippen molar-refractivity contribution < 1.29 is 4.79 Å². The fourth-order valence-corrected chi connectivity index (χ4v) is 2.55. The van der Waals surface area contributed by atoms with E-state index in [-0.39, 0.29) is 5.91 Å². The van der Waals surface area contributed by atoms with Crippen LogP contribution >= 0.6 is 23.2 Å². The number of likely N-dealkylation sites (tertiary alicyclic amines) is 1. The van der Waals surface area contributed by atoms with E-state index in [9.17, 15) is 4.79 Å². The Hall–Kier alpha value is -0.930. The lowest BCUT2D eigenvalue weighted by Crippen LogP contribution is -2.28. The summed E-state index contributed by atoms with van der Waals surface area (Å²) in [7, 11) is 0. The fourth-order valence-electron chi connectivity index (χ4n) is 2.21. The maximum absolute atomic E-state index is 12.3. The van der Waals surface area contributed by atoms with Gasteiger partial charge in [0.2, 0.25) is 0 Å². The summed E-state index contributed by atoms with van der Waals surface area (Å²) in [6.45, 7) is 5.86. The van der Waals surface area contributed by atoms with Crippen LogP contribution in [0.25, 0.3) is 0 Å². The highest BCUT2D eigenvalue weighted by Gasteiger charge is 2.30. The molecule has 1 amide bonds. The van der Waals surface area contributed by atoms with Crippen LogP contribution in [0.1, 0.15) is 24.2 Å². The molecule has 2 rings (SSSR count). The van der Waals surface area contributed by atoms with Crippen LogP contribution in [0.3, 0.4) is 0 Å². The van der Waals surface area contributed by atoms with Crippen LogP contribution < -0.4 is 5.73 Å². The fraction of sp³-hybridized carbons (Fsp3) is 0.462. The number of amides is 1. The van der Waals surface area contributed by atoms with Gasteiger partial charge in [-0.25, -0.2) is 0 Å². The zero-order valence-corrected chi connectivity index (χ0v) is 11.9. The number of hydrogen-bond acceptors (Lipinski definition) is 2. The normalized spacial score (nSPS) is 23.4. The number of halogens is 2. The first-order valence-corrected chi connectivity index (χ1v) is 6.69. The van der Waals surface area contributed by atoms with Crippen molar-refractivity contribution in [2.45, 2.75) is 13.8 Å². The minimum Gasteiger partial charge on any atom is -0.397 e. The first-order valence-electron chi connectivity index (χ1n) is 5.94. The number of carbonyl (C=O) groups is 1. The largest absolute Gasteiger partial charge is 0.397 e. The highest BCUT2D eigenvalue weighted by Crippen LogP contribution is 2.31. The second-order valence-electron chi connectivity index (χ2n) is 5.03. The van der Waals surface area contributed by atoms with Gasteiger partial charge in [-0.2, -0.15) is 0 Å². The Labute approximate surface area is 117 Å². The molecule has 2 N–H and O–H groups in total. The van der Waals surface area contributed by atoms with E-state index in [4.69, 9.17) is 28.9 Å². The summed E-state index contributed by atoms with van der Waals surface area (Å²) in [5.41, 5.74) is 6.57. The molecule has 5 heteroatoms. The molecule has 1 aromatic rings. The van der Waals surface area contributed by atoms with E-state index in [0.29, 0.717) is 33.1 Å². The van der Waals surface area contributed by atoms with Gasteiger partial charge in [-0.05, 0) is 24.0 Å². The summed E-state index contributed by atoms with van der Waals surface area (Å²) in [6.07, 6.45) is 0. The average molecular weight is 287 g/mol. The van der Waals surface area contributed by atoms with Gasteiger partial charge in [0.15, 0.2) is 0 Å². The molecule has 0 spiro atoms. The third-order valence-corrected chi connectivity index (χ3v) is 4.40. The molecule has 1 saturated heterocycles. The molecule has 1 aromatic carbocycles. The Morgan fingerprint density at radius 1 is 1.28 bits per heavy atom. The van der Waals surface area contributed by atoms with E-state index >= 15 is 0 Å². The van der Waals surface area contributed by atoms with Crippen molar-refractivity contribution >= 4 is 34.8 Å². The van der Waals surface area contributed by atoms with Crippen LogP contribution in [-0.2, 0) is 0 Å². The maximum atomic E-state index is 12.3. The molecule has 18 heavy (non-hydrogen) atoms. The van der Waals surface area contributed by atoms with Crippen molar-refractivity contribution in [1.29, 1.82) is 0 Å². The molecule has 98 valence electrons. The predicted molar refractivity (Wildman–Crippen MR) is 75.1 cm³/mol. The van der Waals surface area contributed by atoms with Gasteiger partial charge < -0.3 is 10.6 Å².